The molecule has 3 N–H and O–H groups in total. The van der Waals surface area contributed by atoms with E-state index in [0.717, 1.165) is 25.7 Å². The smallest absolute Gasteiger partial charge is 0.315 e. The number of nitrogens with one attached hydrogen (secondary N) is 2. The van der Waals surface area contributed by atoms with Crippen LogP contribution in [0.3, 0.4) is 0 Å². The fourth-order valence-corrected chi connectivity index (χ4v) is 2.99. The lowest BCUT2D eigenvalue weighted by Gasteiger charge is -2.35. The summed E-state index contributed by atoms with van der Waals surface area (Å²) in [6.07, 6.45) is 4.57. The molecule has 1 aliphatic carbocycles. The van der Waals surface area contributed by atoms with Crippen LogP contribution in [0.25, 0.3) is 0 Å². The van der Waals surface area contributed by atoms with Crippen LogP contribution in [0.2, 0.25) is 0 Å². The predicted molar refractivity (Wildman–Crippen MR) is 73.5 cm³/mol. The van der Waals surface area contributed by atoms with Crippen molar-refractivity contribution in [1.29, 1.82) is 0 Å². The molecule has 1 saturated carbocycles. The van der Waals surface area contributed by atoms with Gasteiger partial charge in [-0.1, -0.05) is 6.42 Å². The van der Waals surface area contributed by atoms with Gasteiger partial charge in [-0.2, -0.15) is 0 Å². The zero-order valence-corrected chi connectivity index (χ0v) is 12.0. The zero-order valence-electron chi connectivity index (χ0n) is 12.0. The van der Waals surface area contributed by atoms with Crippen LogP contribution in [0.5, 0.6) is 0 Å². The Morgan fingerprint density at radius 2 is 1.95 bits per heavy atom. The largest absolute Gasteiger partial charge is 0.481 e. The summed E-state index contributed by atoms with van der Waals surface area (Å²) in [5.41, 5.74) is -0.219. The number of aliphatic carboxylic acids is 1. The summed E-state index contributed by atoms with van der Waals surface area (Å²) >= 11 is 0. The van der Waals surface area contributed by atoms with Crippen molar-refractivity contribution >= 4 is 12.0 Å². The van der Waals surface area contributed by atoms with Crippen molar-refractivity contribution < 1.29 is 19.4 Å². The van der Waals surface area contributed by atoms with E-state index in [-0.39, 0.29) is 23.5 Å². The van der Waals surface area contributed by atoms with E-state index in [1.807, 2.05) is 6.92 Å². The topological polar surface area (TPSA) is 87.7 Å². The van der Waals surface area contributed by atoms with Crippen molar-refractivity contribution in [1.82, 2.24) is 10.6 Å². The van der Waals surface area contributed by atoms with E-state index < -0.39 is 5.97 Å². The molecular formula is C14H24N2O4. The summed E-state index contributed by atoms with van der Waals surface area (Å²) in [6, 6.07) is -0.223. The number of carbonyl (C=O) groups excluding carboxylic acids is 1. The first-order valence-electron chi connectivity index (χ1n) is 7.38. The SMILES string of the molecule is CC1(NC(=O)NC2CCCC(C(=O)O)C2)CCOCC1. The maximum absolute atomic E-state index is 12.1. The molecule has 20 heavy (non-hydrogen) atoms. The van der Waals surface area contributed by atoms with Gasteiger partial charge in [-0.15, -0.1) is 0 Å². The molecule has 2 atom stereocenters. The Morgan fingerprint density at radius 3 is 2.60 bits per heavy atom. The molecule has 2 fully saturated rings. The second-order valence-corrected chi connectivity index (χ2v) is 6.17. The Balaban J connectivity index is 1.80. The van der Waals surface area contributed by atoms with Gasteiger partial charge in [0.1, 0.15) is 0 Å². The minimum absolute atomic E-state index is 0.0340. The maximum atomic E-state index is 12.1. The molecule has 0 spiro atoms. The van der Waals surface area contributed by atoms with Gasteiger partial charge in [0.15, 0.2) is 0 Å². The lowest BCUT2D eigenvalue weighted by Crippen LogP contribution is -2.55. The molecule has 2 aliphatic rings. The van der Waals surface area contributed by atoms with Gasteiger partial charge in [-0.3, -0.25) is 4.79 Å². The third-order valence-electron chi connectivity index (χ3n) is 4.37. The first-order chi connectivity index (χ1) is 9.48. The van der Waals surface area contributed by atoms with Gasteiger partial charge in [0.05, 0.1) is 5.92 Å². The van der Waals surface area contributed by atoms with Crippen molar-refractivity contribution in [2.75, 3.05) is 13.2 Å². The van der Waals surface area contributed by atoms with Gasteiger partial charge in [-0.05, 0) is 39.0 Å². The molecule has 114 valence electrons. The number of carbonyl (C=O) groups is 2. The quantitative estimate of drug-likeness (QED) is 0.733. The molecule has 6 nitrogen and oxygen atoms in total. The number of ether oxygens (including phenoxy) is 1. The second-order valence-electron chi connectivity index (χ2n) is 6.17. The first-order valence-corrected chi connectivity index (χ1v) is 7.38. The molecule has 1 aliphatic heterocycles. The summed E-state index contributed by atoms with van der Waals surface area (Å²) in [5.74, 6) is -1.08. The van der Waals surface area contributed by atoms with Crippen LogP contribution in [-0.4, -0.2) is 41.9 Å². The summed E-state index contributed by atoms with van der Waals surface area (Å²) in [6.45, 7) is 3.36. The number of amides is 2. The van der Waals surface area contributed by atoms with E-state index in [1.54, 1.807) is 0 Å². The van der Waals surface area contributed by atoms with Crippen LogP contribution < -0.4 is 10.6 Å². The summed E-state index contributed by atoms with van der Waals surface area (Å²) in [5, 5.41) is 15.0. The molecule has 0 aromatic rings. The normalized spacial score (nSPS) is 29.4. The minimum atomic E-state index is -0.756. The van der Waals surface area contributed by atoms with Crippen LogP contribution in [0.1, 0.15) is 45.4 Å². The Morgan fingerprint density at radius 1 is 1.25 bits per heavy atom. The summed E-state index contributed by atoms with van der Waals surface area (Å²) in [4.78, 5) is 23.1. The summed E-state index contributed by atoms with van der Waals surface area (Å²) < 4.78 is 5.30. The molecule has 1 saturated heterocycles. The monoisotopic (exact) mass is 284 g/mol. The number of hydrogen-bond acceptors (Lipinski definition) is 3. The molecular weight excluding hydrogens is 260 g/mol. The number of carboxylic acids is 1. The fourth-order valence-electron chi connectivity index (χ4n) is 2.99. The molecule has 0 radical (unpaired) electrons. The number of hydrogen-bond donors (Lipinski definition) is 3. The van der Waals surface area contributed by atoms with Gasteiger partial charge in [-0.25, -0.2) is 4.79 Å². The van der Waals surface area contributed by atoms with Gasteiger partial charge < -0.3 is 20.5 Å². The average Bonchev–Trinajstić information content (AvgIpc) is 2.39. The maximum Gasteiger partial charge on any atom is 0.315 e. The molecule has 0 bridgehead atoms. The Hall–Kier alpha value is -1.30. The van der Waals surface area contributed by atoms with Crippen molar-refractivity contribution in [3.63, 3.8) is 0 Å². The summed E-state index contributed by atoms with van der Waals surface area (Å²) in [7, 11) is 0. The van der Waals surface area contributed by atoms with Crippen molar-refractivity contribution in [2.24, 2.45) is 5.92 Å². The second kappa shape index (κ2) is 6.43. The highest BCUT2D eigenvalue weighted by atomic mass is 16.5. The van der Waals surface area contributed by atoms with Gasteiger partial charge >= 0.3 is 12.0 Å². The molecule has 2 unspecified atom stereocenters. The molecule has 2 amide bonds. The molecule has 1 heterocycles. The molecule has 2 rings (SSSR count). The zero-order chi connectivity index (χ0) is 14.6. The fraction of sp³-hybridized carbons (Fsp3) is 0.857. The van der Waals surface area contributed by atoms with E-state index in [1.165, 1.54) is 0 Å². The number of urea groups is 1. The van der Waals surface area contributed by atoms with Crippen LogP contribution >= 0.6 is 0 Å². The van der Waals surface area contributed by atoms with Crippen molar-refractivity contribution in [3.8, 4) is 0 Å². The number of rotatable bonds is 3. The Labute approximate surface area is 119 Å². The van der Waals surface area contributed by atoms with Crippen LogP contribution in [-0.2, 0) is 9.53 Å². The molecule has 6 heteroatoms. The lowest BCUT2D eigenvalue weighted by molar-refractivity contribution is -0.143. The van der Waals surface area contributed by atoms with Gasteiger partial charge in [0.25, 0.3) is 0 Å². The van der Waals surface area contributed by atoms with E-state index in [4.69, 9.17) is 9.84 Å². The van der Waals surface area contributed by atoms with Crippen LogP contribution in [0, 0.1) is 5.92 Å². The van der Waals surface area contributed by atoms with Gasteiger partial charge in [0, 0.05) is 24.8 Å². The number of carboxylic acid groups (broad SMARTS) is 1. The highest BCUT2D eigenvalue weighted by molar-refractivity contribution is 5.75. The van der Waals surface area contributed by atoms with Gasteiger partial charge in [0.2, 0.25) is 0 Å². The Kier molecular flexibility index (Phi) is 4.86. The van der Waals surface area contributed by atoms with Crippen molar-refractivity contribution in [2.45, 2.75) is 57.0 Å². The van der Waals surface area contributed by atoms with E-state index in [9.17, 15) is 9.59 Å². The van der Waals surface area contributed by atoms with E-state index in [0.29, 0.717) is 26.1 Å². The van der Waals surface area contributed by atoms with Crippen LogP contribution in [0.15, 0.2) is 0 Å². The van der Waals surface area contributed by atoms with Crippen molar-refractivity contribution in [3.05, 3.63) is 0 Å². The van der Waals surface area contributed by atoms with Crippen LogP contribution in [0.4, 0.5) is 4.79 Å². The highest BCUT2D eigenvalue weighted by Gasteiger charge is 2.31. The molecule has 0 aromatic heterocycles. The first kappa shape index (κ1) is 15.1. The highest BCUT2D eigenvalue weighted by Crippen LogP contribution is 2.25. The van der Waals surface area contributed by atoms with E-state index >= 15 is 0 Å². The third-order valence-corrected chi connectivity index (χ3v) is 4.37. The third kappa shape index (κ3) is 4.10. The lowest BCUT2D eigenvalue weighted by atomic mass is 9.86. The Bertz CT molecular complexity index is 366. The average molecular weight is 284 g/mol. The predicted octanol–water partition coefficient (Wildman–Crippen LogP) is 1.50. The molecule has 0 aromatic carbocycles. The minimum Gasteiger partial charge on any atom is -0.481 e. The standard InChI is InChI=1S/C14H24N2O4/c1-14(5-7-20-8-6-14)16-13(19)15-11-4-2-3-10(9-11)12(17)18/h10-11H,2-9H2,1H3,(H,17,18)(H2,15,16,19). The van der Waals surface area contributed by atoms with E-state index in [2.05, 4.69) is 10.6 Å².